The molecule has 0 aliphatic carbocycles. The predicted octanol–water partition coefficient (Wildman–Crippen LogP) is 4.62. The van der Waals surface area contributed by atoms with Crippen molar-refractivity contribution in [1.82, 2.24) is 10.3 Å². The molecule has 0 aliphatic heterocycles. The molecule has 0 radical (unpaired) electrons. The average molecular weight is 556 g/mol. The number of hydrogen-bond donors (Lipinski definition) is 3. The highest BCUT2D eigenvalue weighted by Gasteiger charge is 2.20. The van der Waals surface area contributed by atoms with Gasteiger partial charge in [-0.15, -0.1) is 0 Å². The fourth-order valence-corrected chi connectivity index (χ4v) is 4.21. The summed E-state index contributed by atoms with van der Waals surface area (Å²) in [4.78, 5) is 26.4. The highest BCUT2D eigenvalue weighted by atomic mass is 35.5. The molecule has 1 heterocycles. The quantitative estimate of drug-likeness (QED) is 0.309. The van der Waals surface area contributed by atoms with Gasteiger partial charge in [0.2, 0.25) is 10.0 Å². The molecule has 190 valence electrons. The molecule has 1 amide bonds. The van der Waals surface area contributed by atoms with Crippen LogP contribution in [0.5, 0.6) is 11.5 Å². The number of carboxylic acid groups (broad SMARTS) is 1. The summed E-state index contributed by atoms with van der Waals surface area (Å²) in [5.41, 5.74) is 1.02. The lowest BCUT2D eigenvalue weighted by molar-refractivity contribution is -0.137. The molecule has 1 aromatic heterocycles. The maximum Gasteiger partial charge on any atom is 0.303 e. The summed E-state index contributed by atoms with van der Waals surface area (Å²) in [6.45, 7) is 0.280. The second kappa shape index (κ2) is 11.7. The molecule has 3 aromatic rings. The van der Waals surface area contributed by atoms with Crippen LogP contribution in [0.4, 0.5) is 4.39 Å². The monoisotopic (exact) mass is 555 g/mol. The maximum absolute atomic E-state index is 14.3. The molecule has 0 fully saturated rings. The number of sulfonamides is 1. The number of amides is 1. The van der Waals surface area contributed by atoms with E-state index in [1.54, 1.807) is 12.1 Å². The van der Waals surface area contributed by atoms with Gasteiger partial charge in [-0.05, 0) is 54.8 Å². The van der Waals surface area contributed by atoms with E-state index in [0.29, 0.717) is 29.0 Å². The third-order valence-corrected chi connectivity index (χ3v) is 6.32. The lowest BCUT2D eigenvalue weighted by Gasteiger charge is -2.14. The van der Waals surface area contributed by atoms with Crippen molar-refractivity contribution < 1.29 is 32.2 Å². The highest BCUT2D eigenvalue weighted by Crippen LogP contribution is 2.39. The van der Waals surface area contributed by atoms with E-state index in [2.05, 4.69) is 10.3 Å². The summed E-state index contributed by atoms with van der Waals surface area (Å²) in [5.74, 6) is -2.48. The number of rotatable bonds is 10. The molecule has 0 atom stereocenters. The van der Waals surface area contributed by atoms with Crippen molar-refractivity contribution in [3.05, 3.63) is 70.2 Å². The van der Waals surface area contributed by atoms with E-state index in [1.165, 1.54) is 24.4 Å². The molecule has 36 heavy (non-hydrogen) atoms. The molecule has 0 bridgehead atoms. The lowest BCUT2D eigenvalue weighted by Crippen LogP contribution is -2.25. The van der Waals surface area contributed by atoms with E-state index in [-0.39, 0.29) is 35.2 Å². The van der Waals surface area contributed by atoms with Crippen LogP contribution in [0.1, 0.15) is 29.8 Å². The number of unbranched alkanes of at least 4 members (excludes halogenated alkanes) is 1. The van der Waals surface area contributed by atoms with Crippen LogP contribution in [-0.2, 0) is 14.8 Å². The van der Waals surface area contributed by atoms with Gasteiger partial charge in [-0.25, -0.2) is 17.9 Å². The Bertz CT molecular complexity index is 1420. The third kappa shape index (κ3) is 7.14. The Balaban J connectivity index is 1.86. The second-order valence-corrected chi connectivity index (χ2v) is 9.91. The predicted molar refractivity (Wildman–Crippen MR) is 131 cm³/mol. The number of nitrogens with one attached hydrogen (secondary N) is 1. The van der Waals surface area contributed by atoms with E-state index < -0.39 is 32.6 Å². The number of nitrogens with zero attached hydrogens (tertiary/aromatic N) is 1. The number of pyridine rings is 1. The van der Waals surface area contributed by atoms with Gasteiger partial charge >= 0.3 is 5.97 Å². The zero-order valence-electron chi connectivity index (χ0n) is 18.5. The number of ether oxygens (including phenoxy) is 1. The van der Waals surface area contributed by atoms with Crippen LogP contribution in [0, 0.1) is 5.82 Å². The summed E-state index contributed by atoms with van der Waals surface area (Å²) in [7, 11) is -4.33. The van der Waals surface area contributed by atoms with Gasteiger partial charge in [0.15, 0.2) is 0 Å². The Morgan fingerprint density at radius 3 is 2.53 bits per heavy atom. The summed E-state index contributed by atoms with van der Waals surface area (Å²) >= 11 is 12.3. The van der Waals surface area contributed by atoms with Crippen molar-refractivity contribution in [2.45, 2.75) is 24.2 Å². The van der Waals surface area contributed by atoms with E-state index in [0.717, 1.165) is 12.1 Å². The van der Waals surface area contributed by atoms with E-state index in [1.807, 2.05) is 0 Å². The Labute approximate surface area is 216 Å². The van der Waals surface area contributed by atoms with Gasteiger partial charge in [0, 0.05) is 35.8 Å². The molecule has 0 saturated carbocycles. The van der Waals surface area contributed by atoms with E-state index >= 15 is 0 Å². The molecular weight excluding hydrogens is 536 g/mol. The summed E-state index contributed by atoms with van der Waals surface area (Å²) in [6.07, 6.45) is 2.34. The normalized spacial score (nSPS) is 11.2. The number of aromatic nitrogens is 1. The smallest absolute Gasteiger partial charge is 0.303 e. The number of carboxylic acids is 1. The van der Waals surface area contributed by atoms with Gasteiger partial charge in [0.1, 0.15) is 27.9 Å². The molecule has 4 N–H and O–H groups in total. The Morgan fingerprint density at radius 2 is 1.83 bits per heavy atom. The fourth-order valence-electron chi connectivity index (χ4n) is 3.16. The average Bonchev–Trinajstić information content (AvgIpc) is 2.81. The molecular formula is C23H20Cl2FN3O6S. The number of aliphatic carboxylic acids is 1. The van der Waals surface area contributed by atoms with Crippen LogP contribution in [0.15, 0.2) is 53.6 Å². The van der Waals surface area contributed by atoms with Gasteiger partial charge in [-0.3, -0.25) is 14.6 Å². The number of halogens is 3. The van der Waals surface area contributed by atoms with Gasteiger partial charge < -0.3 is 15.2 Å². The molecule has 0 saturated heterocycles. The number of hydrogen-bond acceptors (Lipinski definition) is 6. The van der Waals surface area contributed by atoms with Crippen molar-refractivity contribution in [3.63, 3.8) is 0 Å². The number of primary sulfonamides is 1. The van der Waals surface area contributed by atoms with Gasteiger partial charge in [-0.1, -0.05) is 23.2 Å². The Hall–Kier alpha value is -3.25. The zero-order chi connectivity index (χ0) is 26.5. The van der Waals surface area contributed by atoms with Gasteiger partial charge in [0.25, 0.3) is 5.91 Å². The summed E-state index contributed by atoms with van der Waals surface area (Å²) in [5, 5.41) is 16.5. The minimum absolute atomic E-state index is 0.0137. The Morgan fingerprint density at radius 1 is 1.08 bits per heavy atom. The fraction of sp³-hybridized carbons (Fsp3) is 0.174. The summed E-state index contributed by atoms with van der Waals surface area (Å²) < 4.78 is 43.2. The zero-order valence-corrected chi connectivity index (χ0v) is 20.8. The number of carbonyl (C=O) groups excluding carboxylic acids is 1. The van der Waals surface area contributed by atoms with Crippen molar-refractivity contribution >= 4 is 45.1 Å². The number of carbonyl (C=O) groups is 2. The highest BCUT2D eigenvalue weighted by molar-refractivity contribution is 7.89. The molecule has 0 spiro atoms. The standard InChI is InChI=1S/C23H20Cl2FN3O6S/c24-14-4-5-19(35-20-12-17(26)21(11-16(20)25)36(27,33)34)15(10-14)13-6-8-28-18(9-13)23(32)29-7-2-1-3-22(30)31/h4-6,8-12H,1-3,7H2,(H,29,32)(H,30,31)(H2,27,33,34). The van der Waals surface area contributed by atoms with Crippen molar-refractivity contribution in [3.8, 4) is 22.6 Å². The first-order chi connectivity index (χ1) is 17.0. The topological polar surface area (TPSA) is 149 Å². The van der Waals surface area contributed by atoms with E-state index in [9.17, 15) is 22.4 Å². The number of benzene rings is 2. The minimum Gasteiger partial charge on any atom is -0.481 e. The van der Waals surface area contributed by atoms with Crippen molar-refractivity contribution in [1.29, 1.82) is 0 Å². The van der Waals surface area contributed by atoms with Crippen molar-refractivity contribution in [2.75, 3.05) is 6.54 Å². The van der Waals surface area contributed by atoms with Crippen molar-refractivity contribution in [2.24, 2.45) is 5.14 Å². The molecule has 13 heteroatoms. The van der Waals surface area contributed by atoms with Crippen LogP contribution in [0.25, 0.3) is 11.1 Å². The number of nitrogens with two attached hydrogens (primary N) is 1. The largest absolute Gasteiger partial charge is 0.481 e. The second-order valence-electron chi connectivity index (χ2n) is 7.54. The van der Waals surface area contributed by atoms with Crippen LogP contribution >= 0.6 is 23.2 Å². The van der Waals surface area contributed by atoms with Gasteiger partial charge in [0.05, 0.1) is 5.02 Å². The van der Waals surface area contributed by atoms with E-state index in [4.69, 9.17) is 38.2 Å². The molecule has 0 aliphatic rings. The van der Waals surface area contributed by atoms with Gasteiger partial charge in [-0.2, -0.15) is 0 Å². The minimum atomic E-state index is -4.33. The first-order valence-corrected chi connectivity index (χ1v) is 12.7. The van der Waals surface area contributed by atoms with Crippen LogP contribution in [0.3, 0.4) is 0 Å². The van der Waals surface area contributed by atoms with Crippen LogP contribution in [0.2, 0.25) is 10.0 Å². The maximum atomic E-state index is 14.3. The lowest BCUT2D eigenvalue weighted by atomic mass is 10.0. The molecule has 2 aromatic carbocycles. The first-order valence-electron chi connectivity index (χ1n) is 10.4. The molecule has 3 rings (SSSR count). The molecule has 0 unspecified atom stereocenters. The first kappa shape index (κ1) is 27.3. The third-order valence-electron chi connectivity index (χ3n) is 4.86. The SMILES string of the molecule is NS(=O)(=O)c1cc(Cl)c(Oc2ccc(Cl)cc2-c2ccnc(C(=O)NCCCCC(=O)O)c2)cc1F. The molecule has 9 nitrogen and oxygen atoms in total. The van der Waals surface area contributed by atoms with Crippen LogP contribution < -0.4 is 15.2 Å². The Kier molecular flexibility index (Phi) is 8.85. The summed E-state index contributed by atoms with van der Waals surface area (Å²) in [6, 6.07) is 9.34. The van der Waals surface area contributed by atoms with Crippen LogP contribution in [-0.4, -0.2) is 36.9 Å².